The summed E-state index contributed by atoms with van der Waals surface area (Å²) in [5.74, 6) is 1.24. The molecule has 0 bridgehead atoms. The van der Waals surface area contributed by atoms with Crippen molar-refractivity contribution in [1.82, 2.24) is 4.90 Å². The summed E-state index contributed by atoms with van der Waals surface area (Å²) in [4.78, 5) is 2.59. The minimum absolute atomic E-state index is 0.385. The van der Waals surface area contributed by atoms with Crippen molar-refractivity contribution in [1.29, 1.82) is 0 Å². The van der Waals surface area contributed by atoms with Gasteiger partial charge < -0.3 is 5.73 Å². The van der Waals surface area contributed by atoms with Gasteiger partial charge in [-0.2, -0.15) is 11.8 Å². The van der Waals surface area contributed by atoms with Gasteiger partial charge in [-0.25, -0.2) is 0 Å². The first-order chi connectivity index (χ1) is 9.15. The van der Waals surface area contributed by atoms with Gasteiger partial charge in [0, 0.05) is 36.7 Å². The second-order valence-electron chi connectivity index (χ2n) is 5.51. The zero-order chi connectivity index (χ0) is 13.8. The molecule has 0 spiro atoms. The van der Waals surface area contributed by atoms with Crippen molar-refractivity contribution in [3.8, 4) is 0 Å². The van der Waals surface area contributed by atoms with Gasteiger partial charge in [0.1, 0.15) is 0 Å². The highest BCUT2D eigenvalue weighted by Crippen LogP contribution is 2.29. The number of thioether (sulfide) groups is 1. The van der Waals surface area contributed by atoms with E-state index in [4.69, 9.17) is 5.73 Å². The molecule has 106 valence electrons. The van der Waals surface area contributed by atoms with E-state index in [-0.39, 0.29) is 0 Å². The van der Waals surface area contributed by atoms with Crippen LogP contribution in [-0.4, -0.2) is 35.5 Å². The zero-order valence-corrected chi connectivity index (χ0v) is 13.2. The second kappa shape index (κ2) is 6.78. The molecule has 1 aromatic carbocycles. The fraction of sp³-hybridized carbons (Fsp3) is 0.625. The smallest absolute Gasteiger partial charge is 0.0473 e. The molecule has 0 aliphatic carbocycles. The van der Waals surface area contributed by atoms with Crippen LogP contribution in [0, 0.1) is 13.8 Å². The Labute approximate surface area is 121 Å². The molecule has 3 heteroatoms. The molecule has 2 nitrogen and oxygen atoms in total. The Morgan fingerprint density at radius 2 is 2.21 bits per heavy atom. The Hall–Kier alpha value is -0.510. The van der Waals surface area contributed by atoms with E-state index in [1.54, 1.807) is 0 Å². The summed E-state index contributed by atoms with van der Waals surface area (Å²) in [6.07, 6.45) is 1.26. The van der Waals surface area contributed by atoms with Crippen molar-refractivity contribution in [3.05, 3.63) is 34.9 Å². The van der Waals surface area contributed by atoms with Crippen molar-refractivity contribution in [2.75, 3.05) is 25.4 Å². The fourth-order valence-electron chi connectivity index (χ4n) is 2.94. The van der Waals surface area contributed by atoms with E-state index in [2.05, 4.69) is 55.6 Å². The summed E-state index contributed by atoms with van der Waals surface area (Å²) >= 11 is 2.11. The highest BCUT2D eigenvalue weighted by atomic mass is 32.2. The molecule has 0 saturated carbocycles. The fourth-order valence-corrected chi connectivity index (χ4v) is 4.15. The minimum Gasteiger partial charge on any atom is -0.329 e. The molecule has 1 aliphatic rings. The van der Waals surface area contributed by atoms with Gasteiger partial charge in [0.05, 0.1) is 0 Å². The summed E-state index contributed by atoms with van der Waals surface area (Å²) in [7, 11) is 0. The molecule has 1 fully saturated rings. The van der Waals surface area contributed by atoms with Gasteiger partial charge in [-0.3, -0.25) is 4.90 Å². The summed E-state index contributed by atoms with van der Waals surface area (Å²) in [5.41, 5.74) is 10.2. The van der Waals surface area contributed by atoms with Crippen molar-refractivity contribution < 1.29 is 0 Å². The predicted octanol–water partition coefficient (Wildman–Crippen LogP) is 3.13. The molecule has 2 unspecified atom stereocenters. The van der Waals surface area contributed by atoms with E-state index in [0.717, 1.165) is 11.8 Å². The normalized spacial score (nSPS) is 22.4. The van der Waals surface area contributed by atoms with Crippen LogP contribution in [0.15, 0.2) is 18.2 Å². The Balaban J connectivity index is 2.19. The van der Waals surface area contributed by atoms with E-state index >= 15 is 0 Å². The molecule has 2 atom stereocenters. The largest absolute Gasteiger partial charge is 0.329 e. The van der Waals surface area contributed by atoms with Crippen LogP contribution in [-0.2, 0) is 0 Å². The molecule has 19 heavy (non-hydrogen) atoms. The van der Waals surface area contributed by atoms with Gasteiger partial charge >= 0.3 is 0 Å². The van der Waals surface area contributed by atoms with Gasteiger partial charge in [-0.05, 0) is 31.4 Å². The van der Waals surface area contributed by atoms with Gasteiger partial charge in [0.25, 0.3) is 0 Å². The van der Waals surface area contributed by atoms with Crippen molar-refractivity contribution in [2.24, 2.45) is 5.73 Å². The average Bonchev–Trinajstić information content (AvgIpc) is 2.42. The first-order valence-corrected chi connectivity index (χ1v) is 8.33. The lowest BCUT2D eigenvalue weighted by atomic mass is 9.97. The summed E-state index contributed by atoms with van der Waals surface area (Å²) in [6, 6.07) is 7.13. The van der Waals surface area contributed by atoms with Gasteiger partial charge in [-0.1, -0.05) is 30.7 Å². The maximum atomic E-state index is 6.08. The van der Waals surface area contributed by atoms with Crippen molar-refractivity contribution >= 4 is 11.8 Å². The Bertz CT molecular complexity index is 419. The molecule has 0 amide bonds. The molecule has 1 aliphatic heterocycles. The number of nitrogens with two attached hydrogens (primary N) is 1. The molecule has 0 aromatic heterocycles. The number of rotatable bonds is 4. The minimum atomic E-state index is 0.385. The van der Waals surface area contributed by atoms with Crippen LogP contribution >= 0.6 is 11.8 Å². The average molecular weight is 278 g/mol. The van der Waals surface area contributed by atoms with Gasteiger partial charge in [0.2, 0.25) is 0 Å². The zero-order valence-electron chi connectivity index (χ0n) is 12.4. The Morgan fingerprint density at radius 1 is 1.42 bits per heavy atom. The second-order valence-corrected chi connectivity index (χ2v) is 6.92. The van der Waals surface area contributed by atoms with Crippen LogP contribution in [0.5, 0.6) is 0 Å². The number of nitrogens with zero attached hydrogens (tertiary/aromatic N) is 1. The first kappa shape index (κ1) is 14.9. The lowest BCUT2D eigenvalue weighted by Gasteiger charge is -2.38. The van der Waals surface area contributed by atoms with Crippen LogP contribution in [0.1, 0.15) is 36.1 Å². The third kappa shape index (κ3) is 3.53. The molecule has 1 saturated heterocycles. The van der Waals surface area contributed by atoms with Crippen LogP contribution in [0.4, 0.5) is 0 Å². The van der Waals surface area contributed by atoms with Crippen molar-refractivity contribution in [2.45, 2.75) is 38.5 Å². The molecular formula is C16H26N2S. The van der Waals surface area contributed by atoms with Crippen LogP contribution in [0.2, 0.25) is 0 Å². The lowest BCUT2D eigenvalue weighted by molar-refractivity contribution is 0.207. The Kier molecular flexibility index (Phi) is 5.31. The first-order valence-electron chi connectivity index (χ1n) is 7.28. The maximum absolute atomic E-state index is 6.08. The predicted molar refractivity (Wildman–Crippen MR) is 85.8 cm³/mol. The molecule has 1 heterocycles. The molecule has 2 N–H and O–H groups in total. The number of hydrogen-bond donors (Lipinski definition) is 1. The third-order valence-electron chi connectivity index (χ3n) is 4.07. The van der Waals surface area contributed by atoms with E-state index in [0.29, 0.717) is 12.6 Å². The standard InChI is InChI=1S/C16H26N2S/c1-4-14-11-18(7-8-19-14)16(10-17)15-6-5-12(2)9-13(15)3/h5-6,9,14,16H,4,7-8,10-11,17H2,1-3H3. The summed E-state index contributed by atoms with van der Waals surface area (Å²) < 4.78 is 0. The number of benzene rings is 1. The molecule has 0 radical (unpaired) electrons. The van der Waals surface area contributed by atoms with Crippen LogP contribution in [0.25, 0.3) is 0 Å². The highest BCUT2D eigenvalue weighted by molar-refractivity contribution is 8.00. The van der Waals surface area contributed by atoms with E-state index in [1.165, 1.54) is 35.4 Å². The van der Waals surface area contributed by atoms with Crippen LogP contribution < -0.4 is 5.73 Å². The summed E-state index contributed by atoms with van der Waals surface area (Å²) in [6.45, 7) is 9.70. The quantitative estimate of drug-likeness (QED) is 0.917. The molecule has 2 rings (SSSR count). The molecular weight excluding hydrogens is 252 g/mol. The van der Waals surface area contributed by atoms with Gasteiger partial charge in [0.15, 0.2) is 0 Å². The van der Waals surface area contributed by atoms with Gasteiger partial charge in [-0.15, -0.1) is 0 Å². The number of hydrogen-bond acceptors (Lipinski definition) is 3. The van der Waals surface area contributed by atoms with Crippen LogP contribution in [0.3, 0.4) is 0 Å². The SMILES string of the molecule is CCC1CN(C(CN)c2ccc(C)cc2C)CCS1. The van der Waals surface area contributed by atoms with Crippen molar-refractivity contribution in [3.63, 3.8) is 0 Å². The summed E-state index contributed by atoms with van der Waals surface area (Å²) in [5, 5.41) is 0.772. The molecule has 1 aromatic rings. The maximum Gasteiger partial charge on any atom is 0.0473 e. The van der Waals surface area contributed by atoms with E-state index in [9.17, 15) is 0 Å². The Morgan fingerprint density at radius 3 is 2.84 bits per heavy atom. The lowest BCUT2D eigenvalue weighted by Crippen LogP contribution is -2.43. The monoisotopic (exact) mass is 278 g/mol. The van der Waals surface area contributed by atoms with E-state index in [1.807, 2.05) is 0 Å². The highest BCUT2D eigenvalue weighted by Gasteiger charge is 2.26. The topological polar surface area (TPSA) is 29.3 Å². The van der Waals surface area contributed by atoms with E-state index < -0.39 is 0 Å². The third-order valence-corrected chi connectivity index (χ3v) is 5.45. The number of aryl methyl sites for hydroxylation is 2.